The van der Waals surface area contributed by atoms with Gasteiger partial charge in [0.25, 0.3) is 5.28 Å². The molecule has 0 unspecified atom stereocenters. The second-order valence-electron chi connectivity index (χ2n) is 2.07. The average molecular weight is 224 g/mol. The van der Waals surface area contributed by atoms with Crippen LogP contribution < -0.4 is 4.98 Å². The van der Waals surface area contributed by atoms with Gasteiger partial charge in [-0.05, 0) is 23.2 Å². The van der Waals surface area contributed by atoms with E-state index in [1.165, 1.54) is 0 Å². The van der Waals surface area contributed by atoms with Crippen molar-refractivity contribution in [2.45, 2.75) is 0 Å². The summed E-state index contributed by atoms with van der Waals surface area (Å²) in [4.78, 5) is 13.1. The average Bonchev–Trinajstić information content (AvgIpc) is 2.29. The molecule has 2 aromatic rings. The van der Waals surface area contributed by atoms with Crippen molar-refractivity contribution in [3.05, 3.63) is 15.7 Å². The van der Waals surface area contributed by atoms with Crippen molar-refractivity contribution in [2.75, 3.05) is 0 Å². The van der Waals surface area contributed by atoms with E-state index >= 15 is 0 Å². The second-order valence-corrected chi connectivity index (χ2v) is 3.15. The Labute approximate surface area is 81.9 Å². The first kappa shape index (κ1) is 8.04. The van der Waals surface area contributed by atoms with Crippen LogP contribution in [-0.2, 0) is 0 Å². The Morgan fingerprint density at radius 3 is 2.67 bits per heavy atom. The molecule has 0 aliphatic rings. The highest BCUT2D eigenvalue weighted by Crippen LogP contribution is 2.18. The van der Waals surface area contributed by atoms with Gasteiger partial charge in [0.15, 0.2) is 5.15 Å². The zero-order valence-electron chi connectivity index (χ0n) is 5.53. The lowest BCUT2D eigenvalue weighted by Gasteiger charge is -1.84. The summed E-state index contributed by atoms with van der Waals surface area (Å²) in [7, 11) is 0. The van der Waals surface area contributed by atoms with Crippen molar-refractivity contribution in [2.24, 2.45) is 0 Å². The lowest BCUT2D eigenvalue weighted by atomic mass is 10.6. The molecular weight excluding hydrogens is 222 g/mol. The highest BCUT2D eigenvalue weighted by atomic mass is 35.5. The number of hydrogen-bond acceptors (Lipinski definition) is 2. The molecule has 0 radical (unpaired) electrons. The maximum atomic E-state index is 5.73. The molecule has 2 aromatic heterocycles. The number of fused-ring (bicyclic) bond motifs is 1. The Kier molecular flexibility index (Phi) is 1.83. The third-order valence-electron chi connectivity index (χ3n) is 1.30. The first-order valence-electron chi connectivity index (χ1n) is 2.96. The summed E-state index contributed by atoms with van der Waals surface area (Å²) >= 11 is 16.9. The minimum absolute atomic E-state index is 0.0828. The Morgan fingerprint density at radius 2 is 1.92 bits per heavy atom. The van der Waals surface area contributed by atoms with Gasteiger partial charge in [-0.15, -0.1) is 0 Å². The van der Waals surface area contributed by atoms with Gasteiger partial charge in [-0.3, -0.25) is 4.98 Å². The number of hydrogen-bond donors (Lipinski definition) is 1. The largest absolute Gasteiger partial charge is 0.307 e. The van der Waals surface area contributed by atoms with E-state index < -0.39 is 0 Å². The van der Waals surface area contributed by atoms with E-state index in [-0.39, 0.29) is 10.4 Å². The maximum Gasteiger partial charge on any atom is 0.307 e. The molecule has 7 heteroatoms. The van der Waals surface area contributed by atoms with E-state index in [1.807, 2.05) is 0 Å². The molecule has 0 spiro atoms. The normalized spacial score (nSPS) is 10.9. The molecule has 0 aromatic carbocycles. The number of imidazole rings is 1. The van der Waals surface area contributed by atoms with Crippen molar-refractivity contribution in [1.82, 2.24) is 15.0 Å². The number of aromatic amines is 2. The second kappa shape index (κ2) is 2.73. The molecule has 62 valence electrons. The van der Waals surface area contributed by atoms with Crippen molar-refractivity contribution >= 4 is 46.0 Å². The van der Waals surface area contributed by atoms with Crippen molar-refractivity contribution < 1.29 is 4.98 Å². The van der Waals surface area contributed by atoms with Crippen molar-refractivity contribution in [1.29, 1.82) is 0 Å². The van der Waals surface area contributed by atoms with Gasteiger partial charge < -0.3 is 0 Å². The van der Waals surface area contributed by atoms with Crippen LogP contribution in [0, 0.1) is 0 Å². The molecule has 2 rings (SSSR count). The van der Waals surface area contributed by atoms with Crippen LogP contribution in [0.5, 0.6) is 0 Å². The molecular formula is C5H2Cl3N4+. The molecule has 0 saturated heterocycles. The first-order chi connectivity index (χ1) is 5.66. The van der Waals surface area contributed by atoms with Crippen molar-refractivity contribution in [3.63, 3.8) is 0 Å². The van der Waals surface area contributed by atoms with Crippen LogP contribution in [0.2, 0.25) is 15.7 Å². The van der Waals surface area contributed by atoms with E-state index in [9.17, 15) is 0 Å². The molecule has 0 saturated carbocycles. The molecule has 0 amide bonds. The maximum absolute atomic E-state index is 5.73. The van der Waals surface area contributed by atoms with Crippen LogP contribution in [0.25, 0.3) is 11.2 Å². The van der Waals surface area contributed by atoms with Gasteiger partial charge >= 0.3 is 10.9 Å². The lowest BCUT2D eigenvalue weighted by molar-refractivity contribution is -0.344. The molecule has 12 heavy (non-hydrogen) atoms. The fourth-order valence-corrected chi connectivity index (χ4v) is 1.47. The minimum Gasteiger partial charge on any atom is -0.255 e. The highest BCUT2D eigenvalue weighted by molar-refractivity contribution is 6.35. The summed E-state index contributed by atoms with van der Waals surface area (Å²) in [5.74, 6) is 0. The summed E-state index contributed by atoms with van der Waals surface area (Å²) in [6, 6.07) is 0. The van der Waals surface area contributed by atoms with Crippen LogP contribution >= 0.6 is 34.8 Å². The minimum atomic E-state index is 0.0828. The zero-order chi connectivity index (χ0) is 8.72. The fraction of sp³-hybridized carbons (Fsp3) is 0. The number of aromatic nitrogens is 4. The highest BCUT2D eigenvalue weighted by Gasteiger charge is 2.15. The lowest BCUT2D eigenvalue weighted by Crippen LogP contribution is -2.00. The van der Waals surface area contributed by atoms with Gasteiger partial charge in [-0.2, -0.15) is 4.98 Å². The number of nitrogens with zero attached hydrogens (tertiary/aromatic N) is 2. The molecule has 2 N–H and O–H groups in total. The van der Waals surface area contributed by atoms with Gasteiger partial charge in [0, 0.05) is 0 Å². The number of halogens is 3. The number of H-pyrrole nitrogens is 2. The Bertz CT molecular complexity index is 437. The third kappa shape index (κ3) is 1.22. The molecule has 2 heterocycles. The molecule has 0 atom stereocenters. The van der Waals surface area contributed by atoms with Gasteiger partial charge in [0.1, 0.15) is 0 Å². The molecule has 0 aliphatic heterocycles. The predicted molar refractivity (Wildman–Crippen MR) is 45.5 cm³/mol. The number of rotatable bonds is 0. The van der Waals surface area contributed by atoms with Gasteiger partial charge in [-0.1, -0.05) is 16.6 Å². The smallest absolute Gasteiger partial charge is 0.255 e. The van der Waals surface area contributed by atoms with Crippen molar-refractivity contribution in [3.8, 4) is 0 Å². The third-order valence-corrected chi connectivity index (χ3v) is 1.93. The standard InChI is InChI=1S/C5HCl3N4/c6-2-1-3(11-4(7)9-1)12-5(8)10-2/h(H,9,10,11,12)/p+1. The van der Waals surface area contributed by atoms with Crippen LogP contribution in [0.1, 0.15) is 0 Å². The van der Waals surface area contributed by atoms with Crippen LogP contribution in [-0.4, -0.2) is 15.0 Å². The fourth-order valence-electron chi connectivity index (χ4n) is 0.854. The predicted octanol–water partition coefficient (Wildman–Crippen LogP) is 1.73. The Hall–Kier alpha value is -0.580. The first-order valence-corrected chi connectivity index (χ1v) is 4.10. The number of nitrogens with one attached hydrogen (secondary N) is 2. The summed E-state index contributed by atoms with van der Waals surface area (Å²) < 4.78 is 0. The van der Waals surface area contributed by atoms with Gasteiger partial charge in [0.2, 0.25) is 5.52 Å². The summed E-state index contributed by atoms with van der Waals surface area (Å²) in [6.45, 7) is 0. The Morgan fingerprint density at radius 1 is 1.17 bits per heavy atom. The van der Waals surface area contributed by atoms with Gasteiger partial charge in [0.05, 0.1) is 0 Å². The monoisotopic (exact) mass is 223 g/mol. The van der Waals surface area contributed by atoms with E-state index in [2.05, 4.69) is 19.9 Å². The van der Waals surface area contributed by atoms with E-state index in [1.54, 1.807) is 0 Å². The van der Waals surface area contributed by atoms with E-state index in [4.69, 9.17) is 34.8 Å². The molecule has 0 bridgehead atoms. The zero-order valence-corrected chi connectivity index (χ0v) is 7.80. The van der Waals surface area contributed by atoms with Crippen LogP contribution in [0.4, 0.5) is 0 Å². The molecule has 0 aliphatic carbocycles. The van der Waals surface area contributed by atoms with Crippen LogP contribution in [0.3, 0.4) is 0 Å². The topological polar surface area (TPSA) is 55.7 Å². The summed E-state index contributed by atoms with van der Waals surface area (Å²) in [5.41, 5.74) is 1.04. The SMILES string of the molecule is Clc1nc(Cl)c2[nH]c(Cl)[nH+]c2n1. The quantitative estimate of drug-likeness (QED) is 0.421. The van der Waals surface area contributed by atoms with E-state index in [0.717, 1.165) is 0 Å². The Balaban J connectivity index is 2.88. The van der Waals surface area contributed by atoms with E-state index in [0.29, 0.717) is 16.4 Å². The molecule has 0 fully saturated rings. The summed E-state index contributed by atoms with van der Waals surface area (Å²) in [6.07, 6.45) is 0. The molecule has 4 nitrogen and oxygen atoms in total. The van der Waals surface area contributed by atoms with Crippen LogP contribution in [0.15, 0.2) is 0 Å². The summed E-state index contributed by atoms with van der Waals surface area (Å²) in [5, 5.41) is 0.663. The van der Waals surface area contributed by atoms with Gasteiger partial charge in [-0.25, -0.2) is 4.98 Å².